The molecule has 0 aliphatic carbocycles. The summed E-state index contributed by atoms with van der Waals surface area (Å²) in [5, 5.41) is 21.2. The summed E-state index contributed by atoms with van der Waals surface area (Å²) in [6.45, 7) is 5.05. The summed E-state index contributed by atoms with van der Waals surface area (Å²) in [4.78, 5) is 0. The number of hydrogen-bond donors (Lipinski definition) is 3. The Hall–Kier alpha value is -0.120. The Balaban J connectivity index is 2.48. The van der Waals surface area contributed by atoms with Crippen molar-refractivity contribution in [1.29, 1.82) is 0 Å². The van der Waals surface area contributed by atoms with Gasteiger partial charge in [0, 0.05) is 12.6 Å². The van der Waals surface area contributed by atoms with Gasteiger partial charge in [-0.3, -0.25) is 0 Å². The lowest BCUT2D eigenvalue weighted by atomic mass is 9.71. The SMILES string of the molecule is CCC1(C)CNC1C(O)CO. The van der Waals surface area contributed by atoms with Crippen LogP contribution in [0.1, 0.15) is 20.3 Å². The lowest BCUT2D eigenvalue weighted by Crippen LogP contribution is -2.66. The molecule has 1 saturated heterocycles. The minimum Gasteiger partial charge on any atom is -0.394 e. The minimum atomic E-state index is -0.603. The quantitative estimate of drug-likeness (QED) is 0.531. The third-order valence-electron chi connectivity index (χ3n) is 2.86. The number of rotatable bonds is 3. The Morgan fingerprint density at radius 3 is 2.64 bits per heavy atom. The Morgan fingerprint density at radius 2 is 2.36 bits per heavy atom. The molecule has 0 bridgehead atoms. The van der Waals surface area contributed by atoms with E-state index in [9.17, 15) is 5.11 Å². The van der Waals surface area contributed by atoms with Crippen LogP contribution in [0, 0.1) is 5.41 Å². The fourth-order valence-corrected chi connectivity index (χ4v) is 1.62. The zero-order valence-corrected chi connectivity index (χ0v) is 7.17. The van der Waals surface area contributed by atoms with E-state index in [2.05, 4.69) is 19.2 Å². The van der Waals surface area contributed by atoms with E-state index < -0.39 is 6.10 Å². The maximum Gasteiger partial charge on any atom is 0.0929 e. The molecule has 3 heteroatoms. The molecule has 1 heterocycles. The van der Waals surface area contributed by atoms with Crippen LogP contribution in [0.15, 0.2) is 0 Å². The van der Waals surface area contributed by atoms with Crippen molar-refractivity contribution in [3.63, 3.8) is 0 Å². The summed E-state index contributed by atoms with van der Waals surface area (Å²) >= 11 is 0. The van der Waals surface area contributed by atoms with Crippen LogP contribution in [-0.4, -0.2) is 35.5 Å². The molecule has 0 aromatic carbocycles. The van der Waals surface area contributed by atoms with Gasteiger partial charge in [-0.05, 0) is 11.8 Å². The van der Waals surface area contributed by atoms with Gasteiger partial charge in [-0.25, -0.2) is 0 Å². The van der Waals surface area contributed by atoms with Crippen LogP contribution >= 0.6 is 0 Å². The van der Waals surface area contributed by atoms with Crippen molar-refractivity contribution < 1.29 is 10.2 Å². The fourth-order valence-electron chi connectivity index (χ4n) is 1.62. The van der Waals surface area contributed by atoms with Gasteiger partial charge in [-0.1, -0.05) is 13.8 Å². The number of aliphatic hydroxyl groups excluding tert-OH is 2. The fraction of sp³-hybridized carbons (Fsp3) is 1.00. The monoisotopic (exact) mass is 159 g/mol. The molecule has 0 aromatic heterocycles. The van der Waals surface area contributed by atoms with E-state index in [4.69, 9.17) is 5.11 Å². The van der Waals surface area contributed by atoms with E-state index in [0.29, 0.717) is 0 Å². The molecule has 1 rings (SSSR count). The molecule has 3 atom stereocenters. The molecule has 3 unspecified atom stereocenters. The first-order valence-corrected chi connectivity index (χ1v) is 4.16. The highest BCUT2D eigenvalue weighted by Gasteiger charge is 2.44. The summed E-state index contributed by atoms with van der Waals surface area (Å²) in [6, 6.07) is 0.0810. The van der Waals surface area contributed by atoms with Crippen LogP contribution in [0.4, 0.5) is 0 Å². The first-order valence-electron chi connectivity index (χ1n) is 4.16. The van der Waals surface area contributed by atoms with Gasteiger partial charge in [0.2, 0.25) is 0 Å². The molecular formula is C8H17NO2. The van der Waals surface area contributed by atoms with Crippen LogP contribution in [-0.2, 0) is 0 Å². The van der Waals surface area contributed by atoms with Crippen molar-refractivity contribution in [2.45, 2.75) is 32.4 Å². The summed E-state index contributed by atoms with van der Waals surface area (Å²) < 4.78 is 0. The maximum absolute atomic E-state index is 9.33. The van der Waals surface area contributed by atoms with Crippen molar-refractivity contribution in [2.75, 3.05) is 13.2 Å². The molecule has 1 aliphatic heterocycles. The highest BCUT2D eigenvalue weighted by Crippen LogP contribution is 2.34. The molecule has 3 nitrogen and oxygen atoms in total. The summed E-state index contributed by atoms with van der Waals surface area (Å²) in [5.74, 6) is 0. The predicted molar refractivity (Wildman–Crippen MR) is 43.3 cm³/mol. The Morgan fingerprint density at radius 1 is 1.73 bits per heavy atom. The van der Waals surface area contributed by atoms with Crippen LogP contribution in [0.2, 0.25) is 0 Å². The van der Waals surface area contributed by atoms with Gasteiger partial charge in [0.25, 0.3) is 0 Å². The van der Waals surface area contributed by atoms with E-state index in [1.54, 1.807) is 0 Å². The second-order valence-electron chi connectivity index (χ2n) is 3.62. The molecule has 11 heavy (non-hydrogen) atoms. The zero-order valence-electron chi connectivity index (χ0n) is 7.17. The van der Waals surface area contributed by atoms with Crippen LogP contribution in [0.25, 0.3) is 0 Å². The Kier molecular flexibility index (Phi) is 2.52. The average Bonchev–Trinajstić information content (AvgIpc) is 2.01. The van der Waals surface area contributed by atoms with Crippen LogP contribution < -0.4 is 5.32 Å². The molecule has 66 valence electrons. The van der Waals surface area contributed by atoms with Gasteiger partial charge in [0.15, 0.2) is 0 Å². The Labute approximate surface area is 67.4 Å². The molecule has 0 saturated carbocycles. The number of aliphatic hydroxyl groups is 2. The largest absolute Gasteiger partial charge is 0.394 e. The van der Waals surface area contributed by atoms with Gasteiger partial charge < -0.3 is 15.5 Å². The molecule has 1 fully saturated rings. The predicted octanol–water partition coefficient (Wildman–Crippen LogP) is -0.272. The molecular weight excluding hydrogens is 142 g/mol. The van der Waals surface area contributed by atoms with Crippen molar-refractivity contribution in [3.05, 3.63) is 0 Å². The highest BCUT2D eigenvalue weighted by atomic mass is 16.3. The Bertz CT molecular complexity index is 136. The van der Waals surface area contributed by atoms with Gasteiger partial charge in [0.05, 0.1) is 12.7 Å². The van der Waals surface area contributed by atoms with E-state index in [-0.39, 0.29) is 18.1 Å². The van der Waals surface area contributed by atoms with Gasteiger partial charge >= 0.3 is 0 Å². The number of nitrogens with one attached hydrogen (secondary N) is 1. The molecule has 3 N–H and O–H groups in total. The highest BCUT2D eigenvalue weighted by molar-refractivity contribution is 5.01. The molecule has 0 aromatic rings. The first-order chi connectivity index (χ1) is 5.14. The second kappa shape index (κ2) is 3.09. The summed E-state index contributed by atoms with van der Waals surface area (Å²) in [5.41, 5.74) is 0.183. The first kappa shape index (κ1) is 8.97. The summed E-state index contributed by atoms with van der Waals surface area (Å²) in [7, 11) is 0. The lowest BCUT2D eigenvalue weighted by molar-refractivity contribution is -0.0335. The van der Waals surface area contributed by atoms with Crippen LogP contribution in [0.5, 0.6) is 0 Å². The van der Waals surface area contributed by atoms with Gasteiger partial charge in [0.1, 0.15) is 0 Å². The number of hydrogen-bond acceptors (Lipinski definition) is 3. The minimum absolute atomic E-state index is 0.0810. The van der Waals surface area contributed by atoms with Gasteiger partial charge in [-0.2, -0.15) is 0 Å². The third-order valence-corrected chi connectivity index (χ3v) is 2.86. The van der Waals surface area contributed by atoms with Gasteiger partial charge in [-0.15, -0.1) is 0 Å². The molecule has 0 amide bonds. The van der Waals surface area contributed by atoms with E-state index in [0.717, 1.165) is 13.0 Å². The third kappa shape index (κ3) is 1.41. The van der Waals surface area contributed by atoms with Crippen LogP contribution in [0.3, 0.4) is 0 Å². The maximum atomic E-state index is 9.33. The van der Waals surface area contributed by atoms with E-state index in [1.165, 1.54) is 0 Å². The topological polar surface area (TPSA) is 52.5 Å². The van der Waals surface area contributed by atoms with E-state index >= 15 is 0 Å². The van der Waals surface area contributed by atoms with Crippen molar-refractivity contribution >= 4 is 0 Å². The van der Waals surface area contributed by atoms with Crippen molar-refractivity contribution in [3.8, 4) is 0 Å². The standard InChI is InChI=1S/C8H17NO2/c1-3-8(2)5-9-7(8)6(11)4-10/h6-7,9-11H,3-5H2,1-2H3. The molecule has 1 aliphatic rings. The van der Waals surface area contributed by atoms with Crippen molar-refractivity contribution in [2.24, 2.45) is 5.41 Å². The summed E-state index contributed by atoms with van der Waals surface area (Å²) in [6.07, 6.45) is 0.440. The second-order valence-corrected chi connectivity index (χ2v) is 3.62. The lowest BCUT2D eigenvalue weighted by Gasteiger charge is -2.49. The molecule has 0 radical (unpaired) electrons. The smallest absolute Gasteiger partial charge is 0.0929 e. The van der Waals surface area contributed by atoms with E-state index in [1.807, 2.05) is 0 Å². The normalized spacial score (nSPS) is 39.8. The zero-order chi connectivity index (χ0) is 8.48. The van der Waals surface area contributed by atoms with Crippen molar-refractivity contribution in [1.82, 2.24) is 5.32 Å². The average molecular weight is 159 g/mol. The molecule has 0 spiro atoms.